The average molecular weight is 541 g/mol. The number of hydrogen-bond donors (Lipinski definition) is 3. The van der Waals surface area contributed by atoms with Crippen LogP contribution in [0.4, 0.5) is 0 Å². The van der Waals surface area contributed by atoms with Gasteiger partial charge < -0.3 is 15.3 Å². The zero-order valence-electron chi connectivity index (χ0n) is 23.1. The SMILES string of the molecule is CNC(=O)[C@H](Cc1ccc2ccccc2c1)NCC(=O)N(Cc1ccc2ncccc2c1)[C@@H](CC(C)C)C(=O)O. The fourth-order valence-electron chi connectivity index (χ4n) is 4.95. The molecule has 2 amide bonds. The Balaban J connectivity index is 1.55. The van der Waals surface area contributed by atoms with Gasteiger partial charge in [0.25, 0.3) is 0 Å². The zero-order chi connectivity index (χ0) is 28.6. The number of likely N-dealkylation sites (N-methyl/N-ethyl adjacent to an activating group) is 1. The van der Waals surface area contributed by atoms with Gasteiger partial charge in [-0.15, -0.1) is 0 Å². The number of hydrogen-bond acceptors (Lipinski definition) is 5. The number of carboxylic acids is 1. The number of carbonyl (C=O) groups is 3. The molecule has 0 radical (unpaired) electrons. The lowest BCUT2D eigenvalue weighted by atomic mass is 10.0. The van der Waals surface area contributed by atoms with Crippen molar-refractivity contribution in [2.75, 3.05) is 13.6 Å². The molecule has 3 aromatic carbocycles. The third kappa shape index (κ3) is 7.21. The Bertz CT molecular complexity index is 1500. The maximum absolute atomic E-state index is 13.6. The quantitative estimate of drug-likeness (QED) is 0.249. The highest BCUT2D eigenvalue weighted by molar-refractivity contribution is 5.87. The van der Waals surface area contributed by atoms with Crippen LogP contribution in [0.15, 0.2) is 79.0 Å². The van der Waals surface area contributed by atoms with Gasteiger partial charge in [-0.2, -0.15) is 0 Å². The summed E-state index contributed by atoms with van der Waals surface area (Å²) in [4.78, 5) is 44.5. The van der Waals surface area contributed by atoms with Crippen molar-refractivity contribution in [3.63, 3.8) is 0 Å². The summed E-state index contributed by atoms with van der Waals surface area (Å²) in [7, 11) is 1.56. The fraction of sp³-hybridized carbons (Fsp3) is 0.312. The van der Waals surface area contributed by atoms with E-state index in [1.54, 1.807) is 13.2 Å². The van der Waals surface area contributed by atoms with Gasteiger partial charge in [0.2, 0.25) is 11.8 Å². The van der Waals surface area contributed by atoms with Gasteiger partial charge in [0.05, 0.1) is 18.1 Å². The number of benzene rings is 3. The van der Waals surface area contributed by atoms with Crippen LogP contribution in [0.25, 0.3) is 21.7 Å². The molecule has 2 atom stereocenters. The lowest BCUT2D eigenvalue weighted by Gasteiger charge is -2.31. The number of rotatable bonds is 12. The molecule has 1 heterocycles. The molecular formula is C32H36N4O4. The molecule has 208 valence electrons. The molecule has 0 fully saturated rings. The number of fused-ring (bicyclic) bond motifs is 2. The highest BCUT2D eigenvalue weighted by Gasteiger charge is 2.31. The first kappa shape index (κ1) is 28.7. The first-order valence-electron chi connectivity index (χ1n) is 13.5. The van der Waals surface area contributed by atoms with Gasteiger partial charge in [-0.3, -0.25) is 19.9 Å². The van der Waals surface area contributed by atoms with Crippen molar-refractivity contribution in [1.29, 1.82) is 0 Å². The number of nitrogens with zero attached hydrogens (tertiary/aromatic N) is 2. The van der Waals surface area contributed by atoms with Crippen molar-refractivity contribution in [3.8, 4) is 0 Å². The third-order valence-corrected chi connectivity index (χ3v) is 7.01. The van der Waals surface area contributed by atoms with Crippen LogP contribution >= 0.6 is 0 Å². The predicted octanol–water partition coefficient (Wildman–Crippen LogP) is 4.16. The van der Waals surface area contributed by atoms with Crippen LogP contribution in [0.5, 0.6) is 0 Å². The van der Waals surface area contributed by atoms with Gasteiger partial charge in [-0.05, 0) is 58.9 Å². The molecule has 3 N–H and O–H groups in total. The number of carboxylic acid groups (broad SMARTS) is 1. The van der Waals surface area contributed by atoms with E-state index in [4.69, 9.17) is 0 Å². The summed E-state index contributed by atoms with van der Waals surface area (Å²) in [5.74, 6) is -1.61. The van der Waals surface area contributed by atoms with Crippen LogP contribution in [0.2, 0.25) is 0 Å². The highest BCUT2D eigenvalue weighted by Crippen LogP contribution is 2.20. The minimum absolute atomic E-state index is 0.0664. The van der Waals surface area contributed by atoms with Crippen LogP contribution < -0.4 is 10.6 Å². The number of aromatic nitrogens is 1. The second-order valence-corrected chi connectivity index (χ2v) is 10.5. The summed E-state index contributed by atoms with van der Waals surface area (Å²) < 4.78 is 0. The number of nitrogens with one attached hydrogen (secondary N) is 2. The molecule has 4 aromatic rings. The molecule has 0 spiro atoms. The lowest BCUT2D eigenvalue weighted by molar-refractivity contribution is -0.151. The Labute approximate surface area is 234 Å². The van der Waals surface area contributed by atoms with Crippen molar-refractivity contribution in [2.24, 2.45) is 5.92 Å². The van der Waals surface area contributed by atoms with Gasteiger partial charge in [0, 0.05) is 25.2 Å². The molecule has 8 heteroatoms. The maximum atomic E-state index is 13.6. The van der Waals surface area contributed by atoms with E-state index in [0.29, 0.717) is 12.8 Å². The smallest absolute Gasteiger partial charge is 0.326 e. The van der Waals surface area contributed by atoms with Crippen molar-refractivity contribution in [3.05, 3.63) is 90.1 Å². The van der Waals surface area contributed by atoms with E-state index < -0.39 is 18.1 Å². The van der Waals surface area contributed by atoms with Gasteiger partial charge in [-0.1, -0.05) is 68.4 Å². The van der Waals surface area contributed by atoms with Gasteiger partial charge in [0.15, 0.2) is 0 Å². The summed E-state index contributed by atoms with van der Waals surface area (Å²) in [6.45, 7) is 3.82. The van der Waals surface area contributed by atoms with Crippen LogP contribution in [0.1, 0.15) is 31.4 Å². The number of carbonyl (C=O) groups excluding carboxylic acids is 2. The Hall–Kier alpha value is -4.30. The molecule has 0 aliphatic rings. The van der Waals surface area contributed by atoms with E-state index in [1.165, 1.54) is 4.90 Å². The summed E-state index contributed by atoms with van der Waals surface area (Å²) in [5.41, 5.74) is 2.59. The van der Waals surface area contributed by atoms with Gasteiger partial charge >= 0.3 is 5.97 Å². The topological polar surface area (TPSA) is 112 Å². The Kier molecular flexibility index (Phi) is 9.45. The normalized spacial score (nSPS) is 12.8. The standard InChI is InChI=1S/C32H36N4O4/c1-21(2)15-29(32(39)40)36(20-23-11-13-27-26(17-23)9-6-14-34-27)30(37)19-35-28(31(38)33-3)18-22-10-12-24-7-4-5-8-25(24)16-22/h4-14,16-17,21,28-29,35H,15,18-20H2,1-3H3,(H,33,38)(H,39,40)/t28-,29-/m0/s1. The first-order chi connectivity index (χ1) is 19.2. The number of pyridine rings is 1. The summed E-state index contributed by atoms with van der Waals surface area (Å²) in [6, 6.07) is 21.8. The maximum Gasteiger partial charge on any atom is 0.326 e. The molecule has 0 saturated heterocycles. The average Bonchev–Trinajstić information content (AvgIpc) is 2.96. The fourth-order valence-corrected chi connectivity index (χ4v) is 4.95. The molecule has 1 aromatic heterocycles. The van der Waals surface area contributed by atoms with Gasteiger partial charge in [0.1, 0.15) is 6.04 Å². The van der Waals surface area contributed by atoms with Crippen molar-refractivity contribution in [1.82, 2.24) is 20.5 Å². The predicted molar refractivity (Wildman–Crippen MR) is 157 cm³/mol. The zero-order valence-corrected chi connectivity index (χ0v) is 23.1. The minimum Gasteiger partial charge on any atom is -0.480 e. The van der Waals surface area contributed by atoms with Crippen LogP contribution in [0, 0.1) is 5.92 Å². The Morgan fingerprint density at radius 2 is 1.60 bits per heavy atom. The number of amides is 2. The Morgan fingerprint density at radius 1 is 0.900 bits per heavy atom. The van der Waals surface area contributed by atoms with E-state index in [9.17, 15) is 19.5 Å². The molecule has 0 bridgehead atoms. The van der Waals surface area contributed by atoms with Crippen molar-refractivity contribution in [2.45, 2.75) is 45.3 Å². The van der Waals surface area contributed by atoms with E-state index in [2.05, 4.69) is 15.6 Å². The minimum atomic E-state index is -1.05. The second kappa shape index (κ2) is 13.2. The largest absolute Gasteiger partial charge is 0.480 e. The van der Waals surface area contributed by atoms with Crippen LogP contribution in [-0.2, 0) is 27.3 Å². The third-order valence-electron chi connectivity index (χ3n) is 7.01. The molecule has 0 saturated carbocycles. The molecular weight excluding hydrogens is 504 g/mol. The number of aliphatic carboxylic acids is 1. The summed E-state index contributed by atoms with van der Waals surface area (Å²) in [6.07, 6.45) is 2.41. The molecule has 8 nitrogen and oxygen atoms in total. The first-order valence-corrected chi connectivity index (χ1v) is 13.5. The van der Waals surface area contributed by atoms with Crippen LogP contribution in [0.3, 0.4) is 0 Å². The van der Waals surface area contributed by atoms with E-state index in [-0.39, 0.29) is 30.8 Å². The monoisotopic (exact) mass is 540 g/mol. The molecule has 0 aliphatic heterocycles. The van der Waals surface area contributed by atoms with E-state index in [0.717, 1.165) is 32.8 Å². The van der Waals surface area contributed by atoms with E-state index >= 15 is 0 Å². The Morgan fingerprint density at radius 3 is 2.33 bits per heavy atom. The van der Waals surface area contributed by atoms with Crippen molar-refractivity contribution >= 4 is 39.5 Å². The summed E-state index contributed by atoms with van der Waals surface area (Å²) >= 11 is 0. The van der Waals surface area contributed by atoms with E-state index in [1.807, 2.05) is 86.6 Å². The lowest BCUT2D eigenvalue weighted by Crippen LogP contribution is -2.52. The molecule has 40 heavy (non-hydrogen) atoms. The van der Waals surface area contributed by atoms with Crippen molar-refractivity contribution < 1.29 is 19.5 Å². The second-order valence-electron chi connectivity index (χ2n) is 10.5. The van der Waals surface area contributed by atoms with Gasteiger partial charge in [-0.25, -0.2) is 4.79 Å². The van der Waals surface area contributed by atoms with Crippen LogP contribution in [-0.4, -0.2) is 58.5 Å². The molecule has 4 rings (SSSR count). The summed E-state index contributed by atoms with van der Waals surface area (Å²) in [5, 5.41) is 19.0. The highest BCUT2D eigenvalue weighted by atomic mass is 16.4. The molecule has 0 aliphatic carbocycles. The molecule has 0 unspecified atom stereocenters.